The quantitative estimate of drug-likeness (QED) is 0.298. The smallest absolute Gasteiger partial charge is 0.302 e. The normalized spacial score (nSPS) is 10.6. The zero-order chi connectivity index (χ0) is 22.1. The number of azo groups is 1. The summed E-state index contributed by atoms with van der Waals surface area (Å²) in [6, 6.07) is 19.2. The van der Waals surface area contributed by atoms with Gasteiger partial charge in [0, 0.05) is 18.2 Å². The molecule has 7 nitrogen and oxygen atoms in total. The van der Waals surface area contributed by atoms with Gasteiger partial charge in [-0.2, -0.15) is 10.2 Å². The minimum Gasteiger partial charge on any atom is -0.490 e. The summed E-state index contributed by atoms with van der Waals surface area (Å²) in [7, 11) is 0. The van der Waals surface area contributed by atoms with Gasteiger partial charge < -0.3 is 14.8 Å². The van der Waals surface area contributed by atoms with E-state index in [2.05, 4.69) is 15.5 Å². The highest BCUT2D eigenvalue weighted by Crippen LogP contribution is 2.21. The number of carbonyl (C=O) groups excluding carboxylic acids is 2. The molecule has 8 heteroatoms. The zero-order valence-electron chi connectivity index (χ0n) is 16.7. The molecule has 0 atom stereocenters. The van der Waals surface area contributed by atoms with Crippen LogP contribution in [-0.2, 0) is 9.53 Å². The maximum Gasteiger partial charge on any atom is 0.302 e. The molecule has 3 aromatic rings. The van der Waals surface area contributed by atoms with Crippen LogP contribution in [0.25, 0.3) is 0 Å². The fraction of sp³-hybridized carbons (Fsp3) is 0.130. The van der Waals surface area contributed by atoms with E-state index in [0.717, 1.165) is 0 Å². The lowest BCUT2D eigenvalue weighted by Crippen LogP contribution is -2.12. The van der Waals surface area contributed by atoms with Crippen molar-refractivity contribution in [3.05, 3.63) is 84.2 Å². The summed E-state index contributed by atoms with van der Waals surface area (Å²) in [5.41, 5.74) is 2.20. The van der Waals surface area contributed by atoms with E-state index < -0.39 is 0 Å². The first-order chi connectivity index (χ1) is 15.0. The molecule has 0 aliphatic heterocycles. The second-order valence-corrected chi connectivity index (χ2v) is 6.39. The number of ether oxygens (including phenoxy) is 2. The third-order valence-corrected chi connectivity index (χ3v) is 4.01. The Bertz CT molecular complexity index is 1050. The molecule has 0 unspecified atom stereocenters. The first-order valence-corrected chi connectivity index (χ1v) is 9.44. The number of nitrogens with one attached hydrogen (secondary N) is 1. The molecule has 0 aliphatic rings. The topological polar surface area (TPSA) is 89.3 Å². The van der Waals surface area contributed by atoms with Crippen molar-refractivity contribution in [2.45, 2.75) is 6.92 Å². The molecule has 158 valence electrons. The monoisotopic (exact) mass is 421 g/mol. The second kappa shape index (κ2) is 10.6. The number of hydrogen-bond donors (Lipinski definition) is 1. The fourth-order valence-corrected chi connectivity index (χ4v) is 2.49. The number of halogens is 1. The molecule has 0 saturated carbocycles. The van der Waals surface area contributed by atoms with Crippen LogP contribution in [0, 0.1) is 5.82 Å². The van der Waals surface area contributed by atoms with Crippen molar-refractivity contribution in [3.63, 3.8) is 0 Å². The first kappa shape index (κ1) is 21.6. The molecule has 3 aromatic carbocycles. The Balaban J connectivity index is 1.51. The van der Waals surface area contributed by atoms with Crippen LogP contribution in [0.1, 0.15) is 17.3 Å². The summed E-state index contributed by atoms with van der Waals surface area (Å²) in [5.74, 6) is -0.396. The fourth-order valence-electron chi connectivity index (χ4n) is 2.49. The Morgan fingerprint density at radius 1 is 0.839 bits per heavy atom. The predicted octanol–water partition coefficient (Wildman–Crippen LogP) is 5.44. The average molecular weight is 421 g/mol. The molecule has 1 N–H and O–H groups in total. The van der Waals surface area contributed by atoms with Crippen molar-refractivity contribution in [1.29, 1.82) is 0 Å². The number of esters is 1. The van der Waals surface area contributed by atoms with E-state index in [1.165, 1.54) is 31.2 Å². The van der Waals surface area contributed by atoms with Crippen LogP contribution in [0.3, 0.4) is 0 Å². The van der Waals surface area contributed by atoms with Gasteiger partial charge in [0.1, 0.15) is 24.8 Å². The lowest BCUT2D eigenvalue weighted by atomic mass is 10.2. The molecule has 31 heavy (non-hydrogen) atoms. The van der Waals surface area contributed by atoms with Crippen molar-refractivity contribution in [1.82, 2.24) is 0 Å². The summed E-state index contributed by atoms with van der Waals surface area (Å²) in [6.45, 7) is 1.73. The molecular weight excluding hydrogens is 401 g/mol. The Hall–Kier alpha value is -4.07. The van der Waals surface area contributed by atoms with Gasteiger partial charge in [-0.3, -0.25) is 9.59 Å². The van der Waals surface area contributed by atoms with Crippen molar-refractivity contribution in [3.8, 4) is 5.75 Å². The van der Waals surface area contributed by atoms with E-state index in [1.54, 1.807) is 48.5 Å². The average Bonchev–Trinajstić information content (AvgIpc) is 2.77. The van der Waals surface area contributed by atoms with Crippen LogP contribution in [0.15, 0.2) is 83.0 Å². The van der Waals surface area contributed by atoms with E-state index in [-0.39, 0.29) is 30.9 Å². The molecular formula is C23H20FN3O4. The Morgan fingerprint density at radius 3 is 2.00 bits per heavy atom. The van der Waals surface area contributed by atoms with Crippen LogP contribution >= 0.6 is 0 Å². The summed E-state index contributed by atoms with van der Waals surface area (Å²) < 4.78 is 23.1. The van der Waals surface area contributed by atoms with Gasteiger partial charge >= 0.3 is 5.97 Å². The van der Waals surface area contributed by atoms with Crippen molar-refractivity contribution >= 4 is 28.9 Å². The molecule has 0 aromatic heterocycles. The van der Waals surface area contributed by atoms with Gasteiger partial charge in [0.05, 0.1) is 11.4 Å². The van der Waals surface area contributed by atoms with E-state index >= 15 is 0 Å². The maximum absolute atomic E-state index is 12.9. The largest absolute Gasteiger partial charge is 0.490 e. The van der Waals surface area contributed by atoms with Gasteiger partial charge in [0.2, 0.25) is 0 Å². The van der Waals surface area contributed by atoms with Crippen LogP contribution in [-0.4, -0.2) is 25.1 Å². The minimum atomic E-state index is -0.361. The van der Waals surface area contributed by atoms with Crippen LogP contribution in [0.5, 0.6) is 5.75 Å². The van der Waals surface area contributed by atoms with Crippen LogP contribution < -0.4 is 10.1 Å². The summed E-state index contributed by atoms with van der Waals surface area (Å²) in [4.78, 5) is 23.1. The number of anilines is 1. The molecule has 0 aliphatic carbocycles. The minimum absolute atomic E-state index is 0.164. The van der Waals surface area contributed by atoms with Gasteiger partial charge in [-0.05, 0) is 72.8 Å². The maximum atomic E-state index is 12.9. The van der Waals surface area contributed by atoms with Crippen molar-refractivity contribution < 1.29 is 23.5 Å². The van der Waals surface area contributed by atoms with E-state index in [0.29, 0.717) is 28.4 Å². The Kier molecular flexibility index (Phi) is 7.42. The number of rotatable bonds is 8. The van der Waals surface area contributed by atoms with Gasteiger partial charge in [-0.25, -0.2) is 4.39 Å². The molecule has 0 heterocycles. The first-order valence-electron chi connectivity index (χ1n) is 9.44. The third kappa shape index (κ3) is 7.04. The number of hydrogen-bond acceptors (Lipinski definition) is 6. The summed E-state index contributed by atoms with van der Waals surface area (Å²) in [6.07, 6.45) is 0. The number of amides is 1. The van der Waals surface area contributed by atoms with Gasteiger partial charge in [0.15, 0.2) is 0 Å². The van der Waals surface area contributed by atoms with Crippen molar-refractivity contribution in [2.24, 2.45) is 10.2 Å². The third-order valence-electron chi connectivity index (χ3n) is 4.01. The SMILES string of the molecule is CC(=O)OCCOc1ccc(C(=O)Nc2ccc(N=Nc3ccc(F)cc3)cc2)cc1. The standard InChI is InChI=1S/C23H20FN3O4/c1-16(28)30-14-15-31-22-12-2-17(3-13-22)23(29)25-19-8-10-21(11-9-19)27-26-20-6-4-18(24)5-7-20/h2-13H,14-15H2,1H3,(H,25,29). The van der Waals surface area contributed by atoms with E-state index in [9.17, 15) is 14.0 Å². The predicted molar refractivity (Wildman–Crippen MR) is 114 cm³/mol. The number of benzene rings is 3. The lowest BCUT2D eigenvalue weighted by molar-refractivity contribution is -0.141. The molecule has 0 spiro atoms. The highest BCUT2D eigenvalue weighted by molar-refractivity contribution is 6.04. The molecule has 1 amide bonds. The zero-order valence-corrected chi connectivity index (χ0v) is 16.7. The summed E-state index contributed by atoms with van der Waals surface area (Å²) >= 11 is 0. The molecule has 0 radical (unpaired) electrons. The van der Waals surface area contributed by atoms with Crippen LogP contribution in [0.4, 0.5) is 21.5 Å². The van der Waals surface area contributed by atoms with E-state index in [1.807, 2.05) is 0 Å². The van der Waals surface area contributed by atoms with E-state index in [4.69, 9.17) is 9.47 Å². The lowest BCUT2D eigenvalue weighted by Gasteiger charge is -2.08. The van der Waals surface area contributed by atoms with Crippen LogP contribution in [0.2, 0.25) is 0 Å². The van der Waals surface area contributed by atoms with Crippen molar-refractivity contribution in [2.75, 3.05) is 18.5 Å². The molecule has 0 saturated heterocycles. The Morgan fingerprint density at radius 2 is 1.42 bits per heavy atom. The molecule has 0 bridgehead atoms. The van der Waals surface area contributed by atoms with Gasteiger partial charge in [-0.1, -0.05) is 0 Å². The number of nitrogens with zero attached hydrogens (tertiary/aromatic N) is 2. The second-order valence-electron chi connectivity index (χ2n) is 6.39. The molecule has 0 fully saturated rings. The highest BCUT2D eigenvalue weighted by atomic mass is 19.1. The number of carbonyl (C=O) groups is 2. The summed E-state index contributed by atoms with van der Waals surface area (Å²) in [5, 5.41) is 10.9. The highest BCUT2D eigenvalue weighted by Gasteiger charge is 2.07. The Labute approximate surface area is 178 Å². The van der Waals surface area contributed by atoms with Gasteiger partial charge in [0.25, 0.3) is 5.91 Å². The molecule has 3 rings (SSSR count). The van der Waals surface area contributed by atoms with Gasteiger partial charge in [-0.15, -0.1) is 0 Å².